The molecule has 3 N–H and O–H groups in total. The average molecular weight is 316 g/mol. The van der Waals surface area contributed by atoms with Crippen LogP contribution in [-0.2, 0) is 4.79 Å². The van der Waals surface area contributed by atoms with Crippen molar-refractivity contribution in [3.8, 4) is 0 Å². The maximum atomic E-state index is 11.7. The number of hydrogen-bond acceptors (Lipinski definition) is 3. The standard InChI is InChI=1S/C12H14BrNO4/c1-12(18,6-10(15)16)7-14-11(17)8-2-4-9(13)5-3-8/h2-5,18H,6-7H2,1H3,(H,14,17)(H,15,16). The quantitative estimate of drug-likeness (QED) is 0.766. The van der Waals surface area contributed by atoms with E-state index in [0.29, 0.717) is 5.56 Å². The molecule has 1 amide bonds. The van der Waals surface area contributed by atoms with Gasteiger partial charge in [-0.25, -0.2) is 0 Å². The minimum absolute atomic E-state index is 0.117. The molecule has 0 radical (unpaired) electrons. The van der Waals surface area contributed by atoms with E-state index in [9.17, 15) is 14.7 Å². The number of nitrogens with one attached hydrogen (secondary N) is 1. The molecule has 0 saturated carbocycles. The van der Waals surface area contributed by atoms with Crippen LogP contribution < -0.4 is 5.32 Å². The Bertz CT molecular complexity index is 442. The van der Waals surface area contributed by atoms with E-state index in [2.05, 4.69) is 21.2 Å². The molecule has 1 aromatic carbocycles. The van der Waals surface area contributed by atoms with E-state index in [1.807, 2.05) is 0 Å². The van der Waals surface area contributed by atoms with E-state index in [1.165, 1.54) is 6.92 Å². The van der Waals surface area contributed by atoms with E-state index < -0.39 is 18.0 Å². The number of aliphatic hydroxyl groups is 1. The van der Waals surface area contributed by atoms with Gasteiger partial charge in [0.05, 0.1) is 12.0 Å². The largest absolute Gasteiger partial charge is 0.481 e. The van der Waals surface area contributed by atoms with Gasteiger partial charge in [-0.1, -0.05) is 15.9 Å². The molecule has 1 rings (SSSR count). The van der Waals surface area contributed by atoms with E-state index in [0.717, 1.165) is 4.47 Å². The van der Waals surface area contributed by atoms with Crippen molar-refractivity contribution in [2.75, 3.05) is 6.54 Å². The van der Waals surface area contributed by atoms with Gasteiger partial charge in [0.1, 0.15) is 0 Å². The Labute approximate surface area is 113 Å². The van der Waals surface area contributed by atoms with E-state index in [-0.39, 0.29) is 12.5 Å². The Morgan fingerprint density at radius 1 is 1.33 bits per heavy atom. The minimum Gasteiger partial charge on any atom is -0.481 e. The summed E-state index contributed by atoms with van der Waals surface area (Å²) in [5.41, 5.74) is -1.01. The molecular formula is C12H14BrNO4. The topological polar surface area (TPSA) is 86.6 Å². The predicted molar refractivity (Wildman–Crippen MR) is 69.4 cm³/mol. The molecule has 0 fully saturated rings. The summed E-state index contributed by atoms with van der Waals surface area (Å²) in [7, 11) is 0. The summed E-state index contributed by atoms with van der Waals surface area (Å²) < 4.78 is 0.858. The molecule has 0 bridgehead atoms. The summed E-state index contributed by atoms with van der Waals surface area (Å²) in [6.07, 6.45) is -0.423. The highest BCUT2D eigenvalue weighted by Gasteiger charge is 2.24. The van der Waals surface area contributed by atoms with Gasteiger partial charge in [0.2, 0.25) is 0 Å². The van der Waals surface area contributed by atoms with Gasteiger partial charge in [0, 0.05) is 16.6 Å². The van der Waals surface area contributed by atoms with Crippen molar-refractivity contribution in [2.45, 2.75) is 18.9 Å². The molecule has 1 atom stereocenters. The first-order valence-corrected chi connectivity index (χ1v) is 6.07. The third-order valence-corrected chi connectivity index (χ3v) is 2.80. The Hall–Kier alpha value is -1.40. The lowest BCUT2D eigenvalue weighted by atomic mass is 10.0. The van der Waals surface area contributed by atoms with Crippen LogP contribution in [0.1, 0.15) is 23.7 Å². The van der Waals surface area contributed by atoms with Crippen LogP contribution in [0.3, 0.4) is 0 Å². The highest BCUT2D eigenvalue weighted by molar-refractivity contribution is 9.10. The first-order valence-electron chi connectivity index (χ1n) is 5.28. The molecule has 5 nitrogen and oxygen atoms in total. The molecule has 0 saturated heterocycles. The molecule has 0 heterocycles. The molecule has 0 aliphatic rings. The number of hydrogen-bond donors (Lipinski definition) is 3. The van der Waals surface area contributed by atoms with Gasteiger partial charge in [-0.15, -0.1) is 0 Å². The second kappa shape index (κ2) is 5.97. The molecular weight excluding hydrogens is 302 g/mol. The maximum Gasteiger partial charge on any atom is 0.306 e. The van der Waals surface area contributed by atoms with Gasteiger partial charge in [0.25, 0.3) is 5.91 Å². The number of carboxylic acid groups (broad SMARTS) is 1. The number of benzene rings is 1. The molecule has 0 aliphatic carbocycles. The molecule has 0 aromatic heterocycles. The van der Waals surface area contributed by atoms with Crippen molar-refractivity contribution < 1.29 is 19.8 Å². The highest BCUT2D eigenvalue weighted by atomic mass is 79.9. The average Bonchev–Trinajstić information content (AvgIpc) is 2.25. The van der Waals surface area contributed by atoms with Crippen LogP contribution in [0.4, 0.5) is 0 Å². The van der Waals surface area contributed by atoms with Crippen LogP contribution in [0.15, 0.2) is 28.7 Å². The van der Waals surface area contributed by atoms with Crippen molar-refractivity contribution in [1.29, 1.82) is 0 Å². The second-order valence-corrected chi connectivity index (χ2v) is 5.17. The molecule has 0 spiro atoms. The zero-order valence-electron chi connectivity index (χ0n) is 9.81. The second-order valence-electron chi connectivity index (χ2n) is 4.26. The number of carbonyl (C=O) groups excluding carboxylic acids is 1. The predicted octanol–water partition coefficient (Wildman–Crippen LogP) is 1.40. The summed E-state index contributed by atoms with van der Waals surface area (Å²) in [6.45, 7) is 1.25. The van der Waals surface area contributed by atoms with Gasteiger partial charge >= 0.3 is 5.97 Å². The number of rotatable bonds is 5. The zero-order chi connectivity index (χ0) is 13.8. The summed E-state index contributed by atoms with van der Waals surface area (Å²) >= 11 is 3.26. The van der Waals surface area contributed by atoms with Crippen LogP contribution in [0.25, 0.3) is 0 Å². The lowest BCUT2D eigenvalue weighted by Crippen LogP contribution is -2.42. The van der Waals surface area contributed by atoms with Gasteiger partial charge in [-0.3, -0.25) is 9.59 Å². The molecule has 1 unspecified atom stereocenters. The van der Waals surface area contributed by atoms with Crippen molar-refractivity contribution in [1.82, 2.24) is 5.32 Å². The van der Waals surface area contributed by atoms with Gasteiger partial charge in [-0.05, 0) is 31.2 Å². The van der Waals surface area contributed by atoms with Crippen molar-refractivity contribution in [3.63, 3.8) is 0 Å². The molecule has 98 valence electrons. The lowest BCUT2D eigenvalue weighted by molar-refractivity contribution is -0.141. The van der Waals surface area contributed by atoms with Gasteiger partial charge in [0.15, 0.2) is 0 Å². The zero-order valence-corrected chi connectivity index (χ0v) is 11.4. The van der Waals surface area contributed by atoms with Crippen LogP contribution in [-0.4, -0.2) is 34.2 Å². The molecule has 6 heteroatoms. The number of amides is 1. The Morgan fingerprint density at radius 3 is 2.39 bits per heavy atom. The summed E-state index contributed by atoms with van der Waals surface area (Å²) in [5.74, 6) is -1.47. The van der Waals surface area contributed by atoms with Gasteiger partial charge in [-0.2, -0.15) is 0 Å². The number of carboxylic acids is 1. The SMILES string of the molecule is CC(O)(CNC(=O)c1ccc(Br)cc1)CC(=O)O. The lowest BCUT2D eigenvalue weighted by Gasteiger charge is -2.21. The smallest absolute Gasteiger partial charge is 0.306 e. The van der Waals surface area contributed by atoms with Gasteiger partial charge < -0.3 is 15.5 Å². The normalized spacial score (nSPS) is 13.7. The number of carbonyl (C=O) groups is 2. The fourth-order valence-corrected chi connectivity index (χ4v) is 1.63. The fourth-order valence-electron chi connectivity index (χ4n) is 1.36. The monoisotopic (exact) mass is 315 g/mol. The summed E-state index contributed by atoms with van der Waals surface area (Å²) in [6, 6.07) is 6.71. The van der Waals surface area contributed by atoms with E-state index >= 15 is 0 Å². The van der Waals surface area contributed by atoms with Crippen LogP contribution >= 0.6 is 15.9 Å². The third kappa shape index (κ3) is 4.85. The van der Waals surface area contributed by atoms with Crippen molar-refractivity contribution in [2.24, 2.45) is 0 Å². The van der Waals surface area contributed by atoms with Crippen LogP contribution in [0.2, 0.25) is 0 Å². The van der Waals surface area contributed by atoms with Crippen LogP contribution in [0.5, 0.6) is 0 Å². The van der Waals surface area contributed by atoms with E-state index in [4.69, 9.17) is 5.11 Å². The number of halogens is 1. The fraction of sp³-hybridized carbons (Fsp3) is 0.333. The Kier molecular flexibility index (Phi) is 4.86. The van der Waals surface area contributed by atoms with Crippen molar-refractivity contribution >= 4 is 27.8 Å². The highest BCUT2D eigenvalue weighted by Crippen LogP contribution is 2.11. The third-order valence-electron chi connectivity index (χ3n) is 2.27. The summed E-state index contributed by atoms with van der Waals surface area (Å²) in [5, 5.41) is 20.8. The number of aliphatic carboxylic acids is 1. The maximum absolute atomic E-state index is 11.7. The van der Waals surface area contributed by atoms with E-state index in [1.54, 1.807) is 24.3 Å². The summed E-state index contributed by atoms with van der Waals surface area (Å²) in [4.78, 5) is 22.2. The molecule has 1 aromatic rings. The van der Waals surface area contributed by atoms with Crippen LogP contribution in [0, 0.1) is 0 Å². The first kappa shape index (κ1) is 14.7. The Balaban J connectivity index is 2.55. The molecule has 0 aliphatic heterocycles. The first-order chi connectivity index (χ1) is 8.30. The Morgan fingerprint density at radius 2 is 1.89 bits per heavy atom. The van der Waals surface area contributed by atoms with Crippen molar-refractivity contribution in [3.05, 3.63) is 34.3 Å². The molecule has 18 heavy (non-hydrogen) atoms. The minimum atomic E-state index is -1.46.